The third-order valence-corrected chi connectivity index (χ3v) is 24.8. The molecule has 8 rings (SSSR count). The minimum Gasteiger partial charge on any atom is -0.508 e. The van der Waals surface area contributed by atoms with Gasteiger partial charge in [0.2, 0.25) is 0 Å². The van der Waals surface area contributed by atoms with Crippen LogP contribution in [-0.4, -0.2) is 51.9 Å². The van der Waals surface area contributed by atoms with Crippen LogP contribution in [0.3, 0.4) is 0 Å². The van der Waals surface area contributed by atoms with Crippen LogP contribution in [0.25, 0.3) is 0 Å². The summed E-state index contributed by atoms with van der Waals surface area (Å²) in [5, 5.41) is 88.1. The fourth-order valence-corrected chi connectivity index (χ4v) is 18.0. The summed E-state index contributed by atoms with van der Waals surface area (Å²) in [4.78, 5) is 0. The number of hydrogen-bond acceptors (Lipinski definition) is 9. The number of rotatable bonds is 25. The molecule has 632 valence electrons. The first kappa shape index (κ1) is 96.3. The molecule has 9 heteroatoms. The average Bonchev–Trinajstić information content (AvgIpc) is 0.800. The van der Waals surface area contributed by atoms with Crippen molar-refractivity contribution in [1.82, 2.24) is 0 Å². The van der Waals surface area contributed by atoms with E-state index in [0.717, 1.165) is 119 Å². The highest BCUT2D eigenvalue weighted by molar-refractivity contribution is 7.99. The second-order valence-corrected chi connectivity index (χ2v) is 43.2. The van der Waals surface area contributed by atoms with Crippen LogP contribution in [0.4, 0.5) is 0 Å². The fraction of sp³-hybridized carbons (Fsp3) is 0.547. The zero-order chi connectivity index (χ0) is 86.9. The van der Waals surface area contributed by atoms with Crippen molar-refractivity contribution in [2.75, 3.05) is 5.75 Å². The van der Waals surface area contributed by atoms with Gasteiger partial charge in [-0.05, 0) is 271 Å². The number of aromatic hydroxyl groups is 8. The molecule has 0 aliphatic heterocycles. The molecule has 8 aromatic rings. The Bertz CT molecular complexity index is 4380. The van der Waals surface area contributed by atoms with Crippen LogP contribution in [-0.2, 0) is 50.7 Å². The van der Waals surface area contributed by atoms with E-state index in [1.807, 2.05) is 87.5 Å². The van der Waals surface area contributed by atoms with Crippen molar-refractivity contribution in [3.05, 3.63) is 231 Å². The molecule has 0 amide bonds. The summed E-state index contributed by atoms with van der Waals surface area (Å²) in [6.07, 6.45) is 16.5. The van der Waals surface area contributed by atoms with Gasteiger partial charge < -0.3 is 40.9 Å². The largest absolute Gasteiger partial charge is 0.508 e. The topological polar surface area (TPSA) is 162 Å². The molecule has 2 unspecified atom stereocenters. The summed E-state index contributed by atoms with van der Waals surface area (Å²) in [6.45, 7) is 68.3. The molecule has 0 spiro atoms. The van der Waals surface area contributed by atoms with E-state index in [1.54, 1.807) is 0 Å². The molecule has 0 aromatic heterocycles. The van der Waals surface area contributed by atoms with Gasteiger partial charge in [-0.15, -0.1) is 0 Å². The van der Waals surface area contributed by atoms with Gasteiger partial charge in [0.15, 0.2) is 0 Å². The smallest absolute Gasteiger partial charge is 0.122 e. The van der Waals surface area contributed by atoms with Gasteiger partial charge in [0.05, 0.1) is 0 Å². The van der Waals surface area contributed by atoms with Crippen LogP contribution < -0.4 is 0 Å². The Hall–Kier alpha value is -7.49. The van der Waals surface area contributed by atoms with Gasteiger partial charge in [0.1, 0.15) is 46.0 Å². The van der Waals surface area contributed by atoms with Crippen molar-refractivity contribution < 1.29 is 40.9 Å². The molecule has 8 aromatic carbocycles. The second kappa shape index (κ2) is 38.9. The highest BCUT2D eigenvalue weighted by Gasteiger charge is 2.34. The summed E-state index contributed by atoms with van der Waals surface area (Å²) >= 11 is 2.11. The zero-order valence-electron chi connectivity index (χ0n) is 77.6. The Labute approximate surface area is 702 Å². The molecule has 2 atom stereocenters. The monoisotopic (exact) mass is 1590 g/mol. The predicted molar refractivity (Wildman–Crippen MR) is 494 cm³/mol. The summed E-state index contributed by atoms with van der Waals surface area (Å²) in [7, 11) is 0. The maximum atomic E-state index is 11.3. The molecule has 0 saturated heterocycles. The zero-order valence-corrected chi connectivity index (χ0v) is 78.5. The number of phenols is 8. The lowest BCUT2D eigenvalue weighted by molar-refractivity contribution is 0.438. The van der Waals surface area contributed by atoms with E-state index in [9.17, 15) is 40.9 Å². The number of aryl methyl sites for hydroxylation is 8. The highest BCUT2D eigenvalue weighted by Crippen LogP contribution is 2.49. The van der Waals surface area contributed by atoms with Crippen molar-refractivity contribution in [2.45, 2.75) is 372 Å². The van der Waals surface area contributed by atoms with Crippen molar-refractivity contribution in [2.24, 2.45) is 0 Å². The van der Waals surface area contributed by atoms with Crippen molar-refractivity contribution in [1.29, 1.82) is 0 Å². The number of unbranched alkanes of at least 4 members (excludes halogenated alkanes) is 9. The molecular formula is C106H154O8S. The third kappa shape index (κ3) is 26.0. The van der Waals surface area contributed by atoms with Crippen LogP contribution in [0.2, 0.25) is 0 Å². The minimum atomic E-state index is -0.210. The molecule has 0 radical (unpaired) electrons. The Kier molecular flexibility index (Phi) is 32.6. The Morgan fingerprint density at radius 1 is 0.270 bits per heavy atom. The number of phenolic OH excluding ortho intramolecular Hbond substituents is 8. The number of hydrogen-bond donors (Lipinski definition) is 8. The second-order valence-electron chi connectivity index (χ2n) is 41.6. The van der Waals surface area contributed by atoms with E-state index in [1.165, 1.54) is 97.8 Å². The molecule has 8 N–H and O–H groups in total. The summed E-state index contributed by atoms with van der Waals surface area (Å²) in [5.41, 5.74) is 23.5. The highest BCUT2D eigenvalue weighted by atomic mass is 32.2. The average molecular weight is 1590 g/mol. The maximum Gasteiger partial charge on any atom is 0.122 e. The molecule has 0 saturated carbocycles. The summed E-state index contributed by atoms with van der Waals surface area (Å²) < 4.78 is 0. The van der Waals surface area contributed by atoms with E-state index >= 15 is 0 Å². The van der Waals surface area contributed by atoms with Crippen LogP contribution in [0.5, 0.6) is 46.0 Å². The van der Waals surface area contributed by atoms with Crippen molar-refractivity contribution in [3.8, 4) is 46.0 Å². The number of benzene rings is 8. The van der Waals surface area contributed by atoms with Gasteiger partial charge in [-0.2, -0.15) is 11.8 Å². The van der Waals surface area contributed by atoms with Crippen LogP contribution >= 0.6 is 11.8 Å². The van der Waals surface area contributed by atoms with Crippen molar-refractivity contribution in [3.63, 3.8) is 0 Å². The molecule has 0 fully saturated rings. The fourth-order valence-electron chi connectivity index (χ4n) is 16.9. The summed E-state index contributed by atoms with van der Waals surface area (Å²) in [6, 6.07) is 32.8. The van der Waals surface area contributed by atoms with E-state index in [-0.39, 0.29) is 61.4 Å². The predicted octanol–water partition coefficient (Wildman–Crippen LogP) is 29.3. The Morgan fingerprint density at radius 2 is 0.504 bits per heavy atom. The lowest BCUT2D eigenvalue weighted by Crippen LogP contribution is -2.17. The first-order valence-electron chi connectivity index (χ1n) is 43.2. The van der Waals surface area contributed by atoms with E-state index in [2.05, 4.69) is 243 Å². The van der Waals surface area contributed by atoms with E-state index < -0.39 is 0 Å². The van der Waals surface area contributed by atoms with Crippen LogP contribution in [0.1, 0.15) is 394 Å². The van der Waals surface area contributed by atoms with Gasteiger partial charge >= 0.3 is 0 Å². The van der Waals surface area contributed by atoms with Gasteiger partial charge in [-0.3, -0.25) is 0 Å². The molecule has 115 heavy (non-hydrogen) atoms. The number of thioether (sulfide) groups is 1. The molecule has 8 nitrogen and oxygen atoms in total. The van der Waals surface area contributed by atoms with Gasteiger partial charge in [0.25, 0.3) is 0 Å². The lowest BCUT2D eigenvalue weighted by Gasteiger charge is -2.31. The SMILES string of the molecule is CCCCCCCCCCCCSC(C)CC(c1cc(C(C)(C)C)c(O)cc1C)c1cc(C(C)(C)C)c(O)cc1C.Cc1cc(Cc2cc(C)cc(C(C)(C)C)c2O)c(O)c(Cc2cc(C)cc(C(C)(C)C)c2O)c1.Cc1cc(O)c(C(C)(C)C)cc1C(C)CC(c1cc(C(C)(C)C)c(O)cc1C)c1cc(C(C)(C)C)c(O)cc1C. The molecule has 0 aliphatic carbocycles. The first-order valence-corrected chi connectivity index (χ1v) is 44.2. The Morgan fingerprint density at radius 3 is 0.783 bits per heavy atom. The van der Waals surface area contributed by atoms with Crippen LogP contribution in [0, 0.1) is 55.4 Å². The maximum absolute atomic E-state index is 11.3. The third-order valence-electron chi connectivity index (χ3n) is 23.5. The molecule has 0 heterocycles. The first-order chi connectivity index (χ1) is 52.9. The van der Waals surface area contributed by atoms with Gasteiger partial charge in [-0.1, -0.05) is 307 Å². The lowest BCUT2D eigenvalue weighted by atomic mass is 9.74. The normalized spacial score (nSPS) is 13.1. The van der Waals surface area contributed by atoms with Crippen LogP contribution in [0.15, 0.2) is 97.1 Å². The van der Waals surface area contributed by atoms with Gasteiger partial charge in [-0.25, -0.2) is 0 Å². The standard InChI is InChI=1S/C38H62O2S.C37H52O3.C31H40O3/c1-11-12-13-14-15-16-17-18-19-20-21-41-29(4)24-32(30-25-33(37(5,6)7)35(39)22-27(30)2)31-26-34(38(8,9)10)36(40)23-28(31)3;1-21(25-18-29(35(5,6)7)32(38)15-22(25)2)14-28(26-19-30(36(8,9)10)33(39)16-23(26)3)27-20-31(37(11,12)13)34(40)17-24(27)4;1-18-10-21(16-23-12-19(2)14-25(28(23)33)30(4,5)6)27(32)22(11-18)17-24-13-20(3)15-26(29(24)34)31(7,8)9/h22-23,25-26,29,32,39-40H,11-21,24H2,1-10H3;15-21,28,38-40H,14H2,1-13H3;10-15,32-34H,16-17H2,1-9H3. The molecule has 0 aliphatic rings. The Balaban J connectivity index is 0.000000269. The summed E-state index contributed by atoms with van der Waals surface area (Å²) in [5.74, 6) is 4.28. The van der Waals surface area contributed by atoms with E-state index in [4.69, 9.17) is 0 Å². The van der Waals surface area contributed by atoms with Crippen molar-refractivity contribution >= 4 is 11.8 Å². The quantitative estimate of drug-likeness (QED) is 0.0261. The molecule has 0 bridgehead atoms. The van der Waals surface area contributed by atoms with E-state index in [0.29, 0.717) is 58.3 Å². The molecular weight excluding hydrogens is 1430 g/mol. The van der Waals surface area contributed by atoms with Gasteiger partial charge in [0, 0.05) is 29.9 Å². The minimum absolute atomic E-state index is 0.0460.